The van der Waals surface area contributed by atoms with E-state index < -0.39 is 5.97 Å². The van der Waals surface area contributed by atoms with Crippen LogP contribution in [0.1, 0.15) is 13.3 Å². The third-order valence-corrected chi connectivity index (χ3v) is 2.27. The Morgan fingerprint density at radius 1 is 1.44 bits per heavy atom. The van der Waals surface area contributed by atoms with Crippen molar-refractivity contribution in [3.8, 4) is 0 Å². The zero-order valence-corrected chi connectivity index (χ0v) is 9.45. The predicted octanol–water partition coefficient (Wildman–Crippen LogP) is -0.115. The monoisotopic (exact) mass is 230 g/mol. The Bertz CT molecular complexity index is 239. The first kappa shape index (κ1) is 12.8. The van der Waals surface area contributed by atoms with Crippen molar-refractivity contribution in [2.45, 2.75) is 13.3 Å². The summed E-state index contributed by atoms with van der Waals surface area (Å²) in [7, 11) is 0. The molecule has 16 heavy (non-hydrogen) atoms. The van der Waals surface area contributed by atoms with Gasteiger partial charge in [-0.05, 0) is 13.3 Å². The van der Waals surface area contributed by atoms with Crippen LogP contribution in [0.25, 0.3) is 0 Å². The second kappa shape index (κ2) is 7.05. The van der Waals surface area contributed by atoms with E-state index in [0.29, 0.717) is 25.7 Å². The number of urea groups is 1. The highest BCUT2D eigenvalue weighted by molar-refractivity contribution is 5.80. The molecule has 0 aliphatic carbocycles. The standard InChI is InChI=1S/C10H18N2O4/c1-2-16-9(13)6-12-10(14)11-5-8-3-4-15-7-8/h8H,2-7H2,1H3,(H2,11,12,14). The van der Waals surface area contributed by atoms with Gasteiger partial charge in [0.2, 0.25) is 0 Å². The largest absolute Gasteiger partial charge is 0.465 e. The molecule has 0 radical (unpaired) electrons. The number of nitrogens with one attached hydrogen (secondary N) is 2. The Hall–Kier alpha value is -1.30. The number of ether oxygens (including phenoxy) is 2. The molecule has 1 saturated heterocycles. The highest BCUT2D eigenvalue weighted by Crippen LogP contribution is 2.10. The normalized spacial score (nSPS) is 19.2. The first-order valence-electron chi connectivity index (χ1n) is 5.47. The SMILES string of the molecule is CCOC(=O)CNC(=O)NCC1CCOC1. The fraction of sp³-hybridized carbons (Fsp3) is 0.800. The average molecular weight is 230 g/mol. The minimum atomic E-state index is -0.429. The van der Waals surface area contributed by atoms with Crippen LogP contribution in [0.15, 0.2) is 0 Å². The maximum Gasteiger partial charge on any atom is 0.325 e. The Morgan fingerprint density at radius 2 is 2.25 bits per heavy atom. The van der Waals surface area contributed by atoms with Crippen molar-refractivity contribution in [3.05, 3.63) is 0 Å². The van der Waals surface area contributed by atoms with E-state index in [-0.39, 0.29) is 12.6 Å². The summed E-state index contributed by atoms with van der Waals surface area (Å²) in [5.41, 5.74) is 0. The number of carbonyl (C=O) groups excluding carboxylic acids is 2. The lowest BCUT2D eigenvalue weighted by molar-refractivity contribution is -0.141. The van der Waals surface area contributed by atoms with Crippen molar-refractivity contribution in [3.63, 3.8) is 0 Å². The van der Waals surface area contributed by atoms with Gasteiger partial charge in [-0.15, -0.1) is 0 Å². The first-order valence-corrected chi connectivity index (χ1v) is 5.47. The van der Waals surface area contributed by atoms with Gasteiger partial charge in [0.25, 0.3) is 0 Å². The van der Waals surface area contributed by atoms with Crippen LogP contribution in [0.3, 0.4) is 0 Å². The van der Waals surface area contributed by atoms with Gasteiger partial charge < -0.3 is 20.1 Å². The quantitative estimate of drug-likeness (QED) is 0.646. The molecule has 0 spiro atoms. The third kappa shape index (κ3) is 4.97. The van der Waals surface area contributed by atoms with E-state index >= 15 is 0 Å². The molecule has 2 amide bonds. The molecule has 1 fully saturated rings. The Morgan fingerprint density at radius 3 is 2.88 bits per heavy atom. The van der Waals surface area contributed by atoms with E-state index in [1.54, 1.807) is 6.92 Å². The van der Waals surface area contributed by atoms with Crippen LogP contribution in [0.5, 0.6) is 0 Å². The number of hydrogen-bond acceptors (Lipinski definition) is 4. The van der Waals surface area contributed by atoms with Crippen molar-refractivity contribution in [1.29, 1.82) is 0 Å². The third-order valence-electron chi connectivity index (χ3n) is 2.27. The number of esters is 1. The molecule has 92 valence electrons. The maximum absolute atomic E-state index is 11.2. The van der Waals surface area contributed by atoms with Gasteiger partial charge in [0.15, 0.2) is 0 Å². The fourth-order valence-corrected chi connectivity index (χ4v) is 1.41. The summed E-state index contributed by atoms with van der Waals surface area (Å²) < 4.78 is 9.84. The van der Waals surface area contributed by atoms with Crippen molar-refractivity contribution < 1.29 is 19.1 Å². The predicted molar refractivity (Wildman–Crippen MR) is 57.0 cm³/mol. The van der Waals surface area contributed by atoms with Crippen LogP contribution in [0.2, 0.25) is 0 Å². The fourth-order valence-electron chi connectivity index (χ4n) is 1.41. The van der Waals surface area contributed by atoms with E-state index in [0.717, 1.165) is 13.0 Å². The van der Waals surface area contributed by atoms with Gasteiger partial charge in [-0.25, -0.2) is 4.79 Å². The molecule has 0 bridgehead atoms. The summed E-state index contributed by atoms with van der Waals surface area (Å²) in [4.78, 5) is 22.2. The summed E-state index contributed by atoms with van der Waals surface area (Å²) in [6, 6.07) is -0.347. The molecular formula is C10H18N2O4. The van der Waals surface area contributed by atoms with Gasteiger partial charge in [-0.3, -0.25) is 4.79 Å². The zero-order valence-electron chi connectivity index (χ0n) is 9.45. The summed E-state index contributed by atoms with van der Waals surface area (Å²) in [5.74, 6) is -0.0461. The van der Waals surface area contributed by atoms with Gasteiger partial charge in [-0.2, -0.15) is 0 Å². The van der Waals surface area contributed by atoms with E-state index in [2.05, 4.69) is 15.4 Å². The minimum Gasteiger partial charge on any atom is -0.465 e. The summed E-state index contributed by atoms with van der Waals surface area (Å²) >= 11 is 0. The molecule has 1 aliphatic heterocycles. The smallest absolute Gasteiger partial charge is 0.325 e. The molecule has 0 aromatic rings. The lowest BCUT2D eigenvalue weighted by Crippen LogP contribution is -2.41. The summed E-state index contributed by atoms with van der Waals surface area (Å²) in [5, 5.41) is 5.11. The van der Waals surface area contributed by atoms with E-state index in [4.69, 9.17) is 4.74 Å². The second-order valence-corrected chi connectivity index (χ2v) is 3.60. The molecular weight excluding hydrogens is 212 g/mol. The average Bonchev–Trinajstić information content (AvgIpc) is 2.77. The van der Waals surface area contributed by atoms with Crippen molar-refractivity contribution in [1.82, 2.24) is 10.6 Å². The number of carbonyl (C=O) groups is 2. The van der Waals surface area contributed by atoms with Gasteiger partial charge >= 0.3 is 12.0 Å². The molecule has 6 heteroatoms. The number of hydrogen-bond donors (Lipinski definition) is 2. The van der Waals surface area contributed by atoms with Crippen LogP contribution in [0, 0.1) is 5.92 Å². The van der Waals surface area contributed by atoms with Crippen LogP contribution < -0.4 is 10.6 Å². The van der Waals surface area contributed by atoms with Gasteiger partial charge in [0, 0.05) is 19.1 Å². The van der Waals surface area contributed by atoms with E-state index in [1.165, 1.54) is 0 Å². The molecule has 1 heterocycles. The first-order chi connectivity index (χ1) is 7.72. The second-order valence-electron chi connectivity index (χ2n) is 3.60. The molecule has 6 nitrogen and oxygen atoms in total. The van der Waals surface area contributed by atoms with Crippen molar-refractivity contribution in [2.75, 3.05) is 32.9 Å². The molecule has 0 aromatic carbocycles. The lowest BCUT2D eigenvalue weighted by Gasteiger charge is -2.10. The van der Waals surface area contributed by atoms with Crippen LogP contribution in [-0.4, -0.2) is 44.9 Å². The van der Waals surface area contributed by atoms with E-state index in [1.807, 2.05) is 0 Å². The Kier molecular flexibility index (Phi) is 5.63. The molecule has 1 rings (SSSR count). The Balaban J connectivity index is 2.04. The van der Waals surface area contributed by atoms with E-state index in [9.17, 15) is 9.59 Å². The lowest BCUT2D eigenvalue weighted by atomic mass is 10.1. The molecule has 2 N–H and O–H groups in total. The maximum atomic E-state index is 11.2. The Labute approximate surface area is 94.7 Å². The molecule has 1 atom stereocenters. The molecule has 1 aliphatic rings. The van der Waals surface area contributed by atoms with Crippen LogP contribution in [-0.2, 0) is 14.3 Å². The summed E-state index contributed by atoms with van der Waals surface area (Å²) in [6.45, 7) is 3.98. The number of rotatable bonds is 5. The highest BCUT2D eigenvalue weighted by atomic mass is 16.5. The van der Waals surface area contributed by atoms with Crippen LogP contribution >= 0.6 is 0 Å². The molecule has 1 unspecified atom stereocenters. The molecule has 0 aromatic heterocycles. The zero-order chi connectivity index (χ0) is 11.8. The van der Waals surface area contributed by atoms with Gasteiger partial charge in [0.1, 0.15) is 6.54 Å². The summed E-state index contributed by atoms with van der Waals surface area (Å²) in [6.07, 6.45) is 0.970. The molecule has 0 saturated carbocycles. The van der Waals surface area contributed by atoms with Crippen molar-refractivity contribution >= 4 is 12.0 Å². The van der Waals surface area contributed by atoms with Crippen molar-refractivity contribution in [2.24, 2.45) is 5.92 Å². The highest BCUT2D eigenvalue weighted by Gasteiger charge is 2.16. The van der Waals surface area contributed by atoms with Gasteiger partial charge in [0.05, 0.1) is 13.2 Å². The van der Waals surface area contributed by atoms with Gasteiger partial charge in [-0.1, -0.05) is 0 Å². The minimum absolute atomic E-state index is 0.0964. The topological polar surface area (TPSA) is 76.7 Å². The van der Waals surface area contributed by atoms with Crippen LogP contribution in [0.4, 0.5) is 4.79 Å². The number of amides is 2.